The molecule has 0 radical (unpaired) electrons. The SMILES string of the molecule is COCCCN1C(=S)N[C@H](c2ccccn2)[C@@H]1c1ccc(-c2cccc(C(=O)O)c2)o1. The molecule has 0 bridgehead atoms. The maximum Gasteiger partial charge on any atom is 0.335 e. The lowest BCUT2D eigenvalue weighted by molar-refractivity contribution is 0.0697. The van der Waals surface area contributed by atoms with Crippen molar-refractivity contribution in [2.45, 2.75) is 18.5 Å². The third-order valence-electron chi connectivity index (χ3n) is 5.26. The number of furan rings is 1. The summed E-state index contributed by atoms with van der Waals surface area (Å²) in [5, 5.41) is 13.3. The van der Waals surface area contributed by atoms with Crippen molar-refractivity contribution in [3.63, 3.8) is 0 Å². The Morgan fingerprint density at radius 2 is 2.13 bits per heavy atom. The third kappa shape index (κ3) is 4.45. The fraction of sp³-hybridized carbons (Fsp3) is 0.261. The van der Waals surface area contributed by atoms with E-state index in [0.717, 1.165) is 17.9 Å². The molecule has 2 aromatic heterocycles. The molecule has 8 heteroatoms. The van der Waals surface area contributed by atoms with E-state index < -0.39 is 5.97 Å². The second-order valence-corrected chi connectivity index (χ2v) is 7.64. The summed E-state index contributed by atoms with van der Waals surface area (Å²) < 4.78 is 11.4. The van der Waals surface area contributed by atoms with Crippen LogP contribution in [0, 0.1) is 0 Å². The van der Waals surface area contributed by atoms with Crippen molar-refractivity contribution in [1.82, 2.24) is 15.2 Å². The zero-order valence-corrected chi connectivity index (χ0v) is 17.8. The number of aromatic nitrogens is 1. The van der Waals surface area contributed by atoms with Crippen LogP contribution in [0.3, 0.4) is 0 Å². The molecule has 1 aliphatic rings. The number of pyridine rings is 1. The van der Waals surface area contributed by atoms with Gasteiger partial charge in [-0.2, -0.15) is 0 Å². The summed E-state index contributed by atoms with van der Waals surface area (Å²) in [4.78, 5) is 17.9. The number of aromatic carboxylic acids is 1. The number of nitrogens with one attached hydrogen (secondary N) is 1. The molecule has 0 spiro atoms. The van der Waals surface area contributed by atoms with Gasteiger partial charge in [0.15, 0.2) is 5.11 Å². The monoisotopic (exact) mass is 437 g/mol. The number of methoxy groups -OCH3 is 1. The topological polar surface area (TPSA) is 87.8 Å². The molecule has 0 amide bonds. The Hall–Kier alpha value is -3.23. The highest BCUT2D eigenvalue weighted by atomic mass is 32.1. The van der Waals surface area contributed by atoms with Crippen molar-refractivity contribution in [3.8, 4) is 11.3 Å². The Bertz CT molecular complexity index is 1070. The molecule has 4 rings (SSSR count). The van der Waals surface area contributed by atoms with Gasteiger partial charge in [-0.25, -0.2) is 4.79 Å². The fourth-order valence-electron chi connectivity index (χ4n) is 3.81. The number of rotatable bonds is 8. The highest BCUT2D eigenvalue weighted by Gasteiger charge is 2.41. The van der Waals surface area contributed by atoms with Gasteiger partial charge < -0.3 is 24.5 Å². The largest absolute Gasteiger partial charge is 0.478 e. The molecule has 2 N–H and O–H groups in total. The first-order valence-corrected chi connectivity index (χ1v) is 10.4. The second kappa shape index (κ2) is 9.28. The average Bonchev–Trinajstić information content (AvgIpc) is 3.39. The molecule has 1 aliphatic heterocycles. The van der Waals surface area contributed by atoms with Crippen molar-refractivity contribution < 1.29 is 19.1 Å². The van der Waals surface area contributed by atoms with Gasteiger partial charge in [0.1, 0.15) is 17.6 Å². The van der Waals surface area contributed by atoms with Gasteiger partial charge in [-0.1, -0.05) is 18.2 Å². The van der Waals surface area contributed by atoms with E-state index in [9.17, 15) is 9.90 Å². The van der Waals surface area contributed by atoms with Crippen LogP contribution in [-0.4, -0.2) is 46.3 Å². The molecule has 3 heterocycles. The molecule has 2 atom stereocenters. The maximum atomic E-state index is 11.3. The minimum Gasteiger partial charge on any atom is -0.478 e. The van der Waals surface area contributed by atoms with Crippen LogP contribution in [0.5, 0.6) is 0 Å². The number of hydrogen-bond donors (Lipinski definition) is 2. The highest BCUT2D eigenvalue weighted by molar-refractivity contribution is 7.80. The Balaban J connectivity index is 1.68. The lowest BCUT2D eigenvalue weighted by Crippen LogP contribution is -2.31. The Morgan fingerprint density at radius 3 is 2.87 bits per heavy atom. The van der Waals surface area contributed by atoms with Gasteiger partial charge in [-0.15, -0.1) is 0 Å². The normalized spacial score (nSPS) is 18.2. The van der Waals surface area contributed by atoms with E-state index in [2.05, 4.69) is 15.2 Å². The van der Waals surface area contributed by atoms with E-state index in [-0.39, 0.29) is 17.6 Å². The van der Waals surface area contributed by atoms with Crippen LogP contribution in [0.25, 0.3) is 11.3 Å². The number of carboxylic acids is 1. The van der Waals surface area contributed by atoms with Gasteiger partial charge in [0.05, 0.1) is 17.3 Å². The van der Waals surface area contributed by atoms with E-state index >= 15 is 0 Å². The summed E-state index contributed by atoms with van der Waals surface area (Å²) in [6.45, 7) is 1.34. The first-order chi connectivity index (χ1) is 15.1. The van der Waals surface area contributed by atoms with E-state index in [1.807, 2.05) is 36.4 Å². The van der Waals surface area contributed by atoms with E-state index in [1.165, 1.54) is 0 Å². The molecule has 1 aromatic carbocycles. The van der Waals surface area contributed by atoms with Gasteiger partial charge in [-0.3, -0.25) is 4.98 Å². The quantitative estimate of drug-likeness (QED) is 0.403. The predicted octanol–water partition coefficient (Wildman–Crippen LogP) is 4.05. The van der Waals surface area contributed by atoms with Gasteiger partial charge >= 0.3 is 5.97 Å². The molecular weight excluding hydrogens is 414 g/mol. The molecular formula is C23H23N3O4S. The third-order valence-corrected chi connectivity index (χ3v) is 5.61. The van der Waals surface area contributed by atoms with Crippen molar-refractivity contribution >= 4 is 23.3 Å². The van der Waals surface area contributed by atoms with E-state index in [4.69, 9.17) is 21.4 Å². The summed E-state index contributed by atoms with van der Waals surface area (Å²) in [6.07, 6.45) is 2.58. The van der Waals surface area contributed by atoms with Crippen LogP contribution in [0.4, 0.5) is 0 Å². The minimum atomic E-state index is -0.974. The second-order valence-electron chi connectivity index (χ2n) is 7.25. The molecule has 31 heavy (non-hydrogen) atoms. The van der Waals surface area contributed by atoms with Crippen molar-refractivity contribution in [3.05, 3.63) is 77.8 Å². The molecule has 1 saturated heterocycles. The number of thiocarbonyl (C=S) groups is 1. The van der Waals surface area contributed by atoms with Crippen LogP contribution in [-0.2, 0) is 4.74 Å². The number of benzene rings is 1. The van der Waals surface area contributed by atoms with Crippen molar-refractivity contribution in [2.75, 3.05) is 20.3 Å². The first-order valence-electron chi connectivity index (χ1n) is 9.99. The fourth-order valence-corrected chi connectivity index (χ4v) is 4.14. The Labute approximate surface area is 185 Å². The van der Waals surface area contributed by atoms with Gasteiger partial charge in [0, 0.05) is 32.0 Å². The minimum absolute atomic E-state index is 0.166. The van der Waals surface area contributed by atoms with Gasteiger partial charge in [0.2, 0.25) is 0 Å². The molecule has 160 valence electrons. The molecule has 0 unspecified atom stereocenters. The number of ether oxygens (including phenoxy) is 1. The van der Waals surface area contributed by atoms with Crippen LogP contribution in [0.2, 0.25) is 0 Å². The molecule has 0 aliphatic carbocycles. The molecule has 3 aromatic rings. The summed E-state index contributed by atoms with van der Waals surface area (Å²) in [6, 6.07) is 15.9. The lowest BCUT2D eigenvalue weighted by atomic mass is 10.0. The van der Waals surface area contributed by atoms with Crippen LogP contribution in [0.15, 0.2) is 65.2 Å². The summed E-state index contributed by atoms with van der Waals surface area (Å²) in [5.74, 6) is 0.363. The summed E-state index contributed by atoms with van der Waals surface area (Å²) in [5.41, 5.74) is 1.79. The standard InChI is InChI=1S/C23H23N3O4S/c1-29-13-5-12-26-21(20(25-23(26)31)17-8-2-3-11-24-17)19-10-9-18(30-19)15-6-4-7-16(14-15)22(27)28/h2-4,6-11,14,20-21H,5,12-13H2,1H3,(H,25,31)(H,27,28)/t20-,21+/m1/s1. The van der Waals surface area contributed by atoms with Gasteiger partial charge in [-0.05, 0) is 55.0 Å². The average molecular weight is 438 g/mol. The Kier molecular flexibility index (Phi) is 6.29. The Morgan fingerprint density at radius 1 is 1.26 bits per heavy atom. The van der Waals surface area contributed by atoms with Gasteiger partial charge in [0.25, 0.3) is 0 Å². The maximum absolute atomic E-state index is 11.3. The van der Waals surface area contributed by atoms with E-state index in [0.29, 0.717) is 29.6 Å². The van der Waals surface area contributed by atoms with Crippen LogP contribution >= 0.6 is 12.2 Å². The predicted molar refractivity (Wildman–Crippen MR) is 120 cm³/mol. The van der Waals surface area contributed by atoms with Crippen molar-refractivity contribution in [2.24, 2.45) is 0 Å². The zero-order chi connectivity index (χ0) is 21.8. The number of carboxylic acid groups (broad SMARTS) is 1. The summed E-state index contributed by atoms with van der Waals surface area (Å²) in [7, 11) is 1.68. The zero-order valence-electron chi connectivity index (χ0n) is 17.0. The number of hydrogen-bond acceptors (Lipinski definition) is 5. The molecule has 7 nitrogen and oxygen atoms in total. The van der Waals surface area contributed by atoms with E-state index in [1.54, 1.807) is 31.5 Å². The summed E-state index contributed by atoms with van der Waals surface area (Å²) >= 11 is 5.63. The molecule has 1 fully saturated rings. The highest BCUT2D eigenvalue weighted by Crippen LogP contribution is 2.40. The van der Waals surface area contributed by atoms with Crippen LogP contribution in [0.1, 0.15) is 40.3 Å². The van der Waals surface area contributed by atoms with Crippen LogP contribution < -0.4 is 5.32 Å². The number of carbonyl (C=O) groups is 1. The number of nitrogens with zero attached hydrogens (tertiary/aromatic N) is 2. The lowest BCUT2D eigenvalue weighted by Gasteiger charge is -2.25. The first kappa shape index (κ1) is 21.0. The molecule has 0 saturated carbocycles. The smallest absolute Gasteiger partial charge is 0.335 e. The van der Waals surface area contributed by atoms with Crippen molar-refractivity contribution in [1.29, 1.82) is 0 Å².